The first-order valence-electron chi connectivity index (χ1n) is 13.6. The summed E-state index contributed by atoms with van der Waals surface area (Å²) in [5.74, 6) is 6.67. The Morgan fingerprint density at radius 3 is 2.62 bits per heavy atom. The zero-order valence-electron chi connectivity index (χ0n) is 22.5. The molecule has 2 aliphatic rings. The number of hydrogen-bond donors (Lipinski definition) is 4. The minimum atomic E-state index is -1.37. The fourth-order valence-corrected chi connectivity index (χ4v) is 4.49. The number of fused-ring (bicyclic) bond motifs is 1. The number of nitrogens with two attached hydrogens (primary N) is 1. The standard InChI is InChI=1S/C27H38N6O6/c1-16(2)13-38-27(37)18-8-6-17(7-9-18)4-3-5-21-31-24(28)22-25(32-21)33(14-29-22)15-39-23(20(35)12-34)26(36)30-19-10-11-19/h14,16-20,23,34-35H,4,6-13,15H2,1-2H3,(H,30,36)(H2,28,31,32). The van der Waals surface area contributed by atoms with Crippen LogP contribution in [0, 0.1) is 29.6 Å². The van der Waals surface area contributed by atoms with Crippen LogP contribution in [0.25, 0.3) is 11.2 Å². The van der Waals surface area contributed by atoms with Crippen molar-refractivity contribution < 1.29 is 29.3 Å². The van der Waals surface area contributed by atoms with E-state index < -0.39 is 24.7 Å². The largest absolute Gasteiger partial charge is 0.465 e. The molecule has 2 aliphatic carbocycles. The van der Waals surface area contributed by atoms with Crippen LogP contribution in [0.1, 0.15) is 64.6 Å². The third-order valence-electron chi connectivity index (χ3n) is 6.93. The maximum atomic E-state index is 12.5. The number of aliphatic hydroxyl groups excluding tert-OH is 2. The van der Waals surface area contributed by atoms with Crippen molar-refractivity contribution in [2.24, 2.45) is 17.8 Å². The number of nitrogen functional groups attached to an aromatic ring is 1. The fraction of sp³-hybridized carbons (Fsp3) is 0.667. The summed E-state index contributed by atoms with van der Waals surface area (Å²) in [7, 11) is 0. The van der Waals surface area contributed by atoms with Gasteiger partial charge in [-0.1, -0.05) is 19.8 Å². The molecule has 0 radical (unpaired) electrons. The molecule has 1 amide bonds. The van der Waals surface area contributed by atoms with Crippen LogP contribution in [0.4, 0.5) is 5.82 Å². The normalized spacial score (nSPS) is 20.7. The Morgan fingerprint density at radius 1 is 1.21 bits per heavy atom. The van der Waals surface area contributed by atoms with Gasteiger partial charge in [0, 0.05) is 12.5 Å². The molecule has 5 N–H and O–H groups in total. The van der Waals surface area contributed by atoms with E-state index in [2.05, 4.69) is 32.1 Å². The van der Waals surface area contributed by atoms with Gasteiger partial charge in [0.1, 0.15) is 18.4 Å². The van der Waals surface area contributed by atoms with E-state index in [9.17, 15) is 19.8 Å². The highest BCUT2D eigenvalue weighted by molar-refractivity contribution is 5.82. The van der Waals surface area contributed by atoms with Crippen molar-refractivity contribution in [3.8, 4) is 11.8 Å². The Bertz CT molecular complexity index is 1210. The van der Waals surface area contributed by atoms with E-state index in [1.54, 1.807) is 4.57 Å². The van der Waals surface area contributed by atoms with Crippen molar-refractivity contribution in [3.05, 3.63) is 12.2 Å². The molecule has 0 bridgehead atoms. The van der Waals surface area contributed by atoms with Crippen molar-refractivity contribution in [2.75, 3.05) is 18.9 Å². The number of rotatable bonds is 11. The van der Waals surface area contributed by atoms with Crippen LogP contribution in [0.15, 0.2) is 6.33 Å². The average Bonchev–Trinajstić information content (AvgIpc) is 3.64. The second-order valence-electron chi connectivity index (χ2n) is 10.8. The summed E-state index contributed by atoms with van der Waals surface area (Å²) in [6.45, 7) is 3.74. The molecule has 39 heavy (non-hydrogen) atoms. The number of aliphatic hydroxyl groups is 2. The highest BCUT2D eigenvalue weighted by Crippen LogP contribution is 2.31. The summed E-state index contributed by atoms with van der Waals surface area (Å²) in [6, 6.07) is 0.0819. The first-order chi connectivity index (χ1) is 18.7. The van der Waals surface area contributed by atoms with Crippen LogP contribution >= 0.6 is 0 Å². The topological polar surface area (TPSA) is 175 Å². The molecule has 12 heteroatoms. The Kier molecular flexibility index (Phi) is 9.72. The molecule has 2 unspecified atom stereocenters. The predicted octanol–water partition coefficient (Wildman–Crippen LogP) is 1.13. The van der Waals surface area contributed by atoms with Gasteiger partial charge in [0.25, 0.3) is 5.91 Å². The Hall–Kier alpha value is -3.27. The van der Waals surface area contributed by atoms with Crippen molar-refractivity contribution in [1.82, 2.24) is 24.8 Å². The predicted molar refractivity (Wildman–Crippen MR) is 142 cm³/mol. The monoisotopic (exact) mass is 542 g/mol. The Labute approximate surface area is 227 Å². The number of nitrogens with one attached hydrogen (secondary N) is 1. The maximum absolute atomic E-state index is 12.5. The van der Waals surface area contributed by atoms with Crippen molar-refractivity contribution in [1.29, 1.82) is 0 Å². The van der Waals surface area contributed by atoms with Crippen LogP contribution < -0.4 is 11.1 Å². The number of ether oxygens (including phenoxy) is 2. The molecule has 0 spiro atoms. The highest BCUT2D eigenvalue weighted by Gasteiger charge is 2.32. The maximum Gasteiger partial charge on any atom is 0.308 e. The summed E-state index contributed by atoms with van der Waals surface area (Å²) in [5, 5.41) is 22.2. The third kappa shape index (κ3) is 7.88. The smallest absolute Gasteiger partial charge is 0.308 e. The van der Waals surface area contributed by atoms with Crippen LogP contribution in [-0.2, 0) is 25.8 Å². The molecule has 12 nitrogen and oxygen atoms in total. The quantitative estimate of drug-likeness (QED) is 0.238. The second-order valence-corrected chi connectivity index (χ2v) is 10.8. The molecule has 0 aliphatic heterocycles. The summed E-state index contributed by atoms with van der Waals surface area (Å²) >= 11 is 0. The molecule has 2 aromatic rings. The molecular formula is C27H38N6O6. The molecule has 212 valence electrons. The van der Waals surface area contributed by atoms with E-state index in [0.717, 1.165) is 38.5 Å². The van der Waals surface area contributed by atoms with Gasteiger partial charge in [-0.25, -0.2) is 15.0 Å². The van der Waals surface area contributed by atoms with E-state index in [4.69, 9.17) is 15.2 Å². The van der Waals surface area contributed by atoms with Crippen LogP contribution in [0.2, 0.25) is 0 Å². The van der Waals surface area contributed by atoms with Crippen LogP contribution in [-0.4, -0.2) is 73.1 Å². The lowest BCUT2D eigenvalue weighted by molar-refractivity contribution is -0.151. The SMILES string of the molecule is CC(C)COC(=O)C1CCC(CC#Cc2nc(N)c3ncn(COC(C(=O)NC4CC4)C(O)CO)c3n2)CC1. The number of imidazole rings is 1. The van der Waals surface area contributed by atoms with Gasteiger partial charge < -0.3 is 30.7 Å². The fourth-order valence-electron chi connectivity index (χ4n) is 4.49. The summed E-state index contributed by atoms with van der Waals surface area (Å²) in [4.78, 5) is 37.6. The van der Waals surface area contributed by atoms with Crippen molar-refractivity contribution in [3.63, 3.8) is 0 Å². The van der Waals surface area contributed by atoms with Gasteiger partial charge in [0.05, 0.1) is 25.5 Å². The van der Waals surface area contributed by atoms with Gasteiger partial charge in [-0.15, -0.1) is 0 Å². The lowest BCUT2D eigenvalue weighted by Crippen LogP contribution is -2.46. The Balaban J connectivity index is 1.35. The third-order valence-corrected chi connectivity index (χ3v) is 6.93. The molecular weight excluding hydrogens is 504 g/mol. The Morgan fingerprint density at radius 2 is 1.95 bits per heavy atom. The molecule has 2 saturated carbocycles. The molecule has 2 atom stereocenters. The number of nitrogens with zero attached hydrogens (tertiary/aromatic N) is 4. The minimum absolute atomic E-state index is 0.0288. The van der Waals surface area contributed by atoms with E-state index in [1.165, 1.54) is 6.33 Å². The number of amides is 1. The number of anilines is 1. The molecule has 2 aromatic heterocycles. The van der Waals surface area contributed by atoms with Gasteiger partial charge in [0.2, 0.25) is 5.82 Å². The first kappa shape index (κ1) is 28.7. The molecule has 2 heterocycles. The van der Waals surface area contributed by atoms with E-state index in [1.807, 2.05) is 13.8 Å². The van der Waals surface area contributed by atoms with E-state index in [0.29, 0.717) is 36.0 Å². The molecule has 4 rings (SSSR count). The highest BCUT2D eigenvalue weighted by atomic mass is 16.5. The van der Waals surface area contributed by atoms with Crippen molar-refractivity contribution in [2.45, 2.75) is 83.8 Å². The lowest BCUT2D eigenvalue weighted by atomic mass is 9.80. The van der Waals surface area contributed by atoms with Gasteiger partial charge in [-0.05, 0) is 56.3 Å². The number of carbonyl (C=O) groups excluding carboxylic acids is 2. The van der Waals surface area contributed by atoms with Crippen LogP contribution in [0.3, 0.4) is 0 Å². The average molecular weight is 543 g/mol. The van der Waals surface area contributed by atoms with E-state index in [-0.39, 0.29) is 36.3 Å². The molecule has 2 fully saturated rings. The number of aromatic nitrogens is 4. The first-order valence-corrected chi connectivity index (χ1v) is 13.6. The van der Waals surface area contributed by atoms with Gasteiger partial charge in [0.15, 0.2) is 17.6 Å². The summed E-state index contributed by atoms with van der Waals surface area (Å²) < 4.78 is 12.6. The molecule has 0 aromatic carbocycles. The minimum Gasteiger partial charge on any atom is -0.465 e. The zero-order chi connectivity index (χ0) is 27.9. The summed E-state index contributed by atoms with van der Waals surface area (Å²) in [5.41, 5.74) is 6.84. The zero-order valence-corrected chi connectivity index (χ0v) is 22.5. The van der Waals surface area contributed by atoms with E-state index >= 15 is 0 Å². The van der Waals surface area contributed by atoms with Crippen LogP contribution in [0.5, 0.6) is 0 Å². The lowest BCUT2D eigenvalue weighted by Gasteiger charge is -2.26. The van der Waals surface area contributed by atoms with Gasteiger partial charge in [-0.3, -0.25) is 14.2 Å². The second kappa shape index (κ2) is 13.2. The number of hydrogen-bond acceptors (Lipinski definition) is 10. The number of carbonyl (C=O) groups is 2. The van der Waals surface area contributed by atoms with Gasteiger partial charge >= 0.3 is 5.97 Å². The number of esters is 1. The molecule has 0 saturated heterocycles. The summed E-state index contributed by atoms with van der Waals surface area (Å²) in [6.07, 6.45) is 4.70. The van der Waals surface area contributed by atoms with Crippen molar-refractivity contribution >= 4 is 28.9 Å². The van der Waals surface area contributed by atoms with Gasteiger partial charge in [-0.2, -0.15) is 0 Å².